The van der Waals surface area contributed by atoms with E-state index in [-0.39, 0.29) is 22.9 Å². The van der Waals surface area contributed by atoms with Gasteiger partial charge in [-0.3, -0.25) is 14.4 Å². The molecule has 136 valence electrons. The predicted molar refractivity (Wildman–Crippen MR) is 85.6 cm³/mol. The van der Waals surface area contributed by atoms with Crippen LogP contribution in [0.15, 0.2) is 0 Å². The molecule has 0 aliphatic heterocycles. The van der Waals surface area contributed by atoms with Gasteiger partial charge in [-0.05, 0) is 24.2 Å². The van der Waals surface area contributed by atoms with E-state index in [1.807, 2.05) is 13.8 Å². The van der Waals surface area contributed by atoms with E-state index in [1.165, 1.54) is 7.05 Å². The molecule has 0 spiro atoms. The molecule has 0 radical (unpaired) electrons. The number of carbonyl (C=O) groups is 3. The summed E-state index contributed by atoms with van der Waals surface area (Å²) in [6.45, 7) is 2.87. The summed E-state index contributed by atoms with van der Waals surface area (Å²) in [5.41, 5.74) is -1.26. The smallest absolute Gasteiger partial charge is 0.323 e. The molecule has 24 heavy (non-hydrogen) atoms. The highest BCUT2D eigenvalue weighted by Gasteiger charge is 2.65. The Bertz CT molecular complexity index is 671. The van der Waals surface area contributed by atoms with Gasteiger partial charge in [0.2, 0.25) is 15.9 Å². The van der Waals surface area contributed by atoms with E-state index in [4.69, 9.17) is 5.11 Å². The Hall–Kier alpha value is -1.48. The van der Waals surface area contributed by atoms with Crippen LogP contribution in [0.3, 0.4) is 0 Å². The maximum Gasteiger partial charge on any atom is 0.323 e. The number of likely N-dealkylation sites (N-methyl/N-ethyl adjacent to an activating group) is 1. The van der Waals surface area contributed by atoms with Crippen molar-refractivity contribution in [1.29, 1.82) is 0 Å². The Morgan fingerprint density at radius 3 is 2.46 bits per heavy atom. The molecule has 0 heterocycles. The monoisotopic (exact) mass is 360 g/mol. The third kappa shape index (κ3) is 3.19. The molecule has 2 unspecified atom stereocenters. The van der Waals surface area contributed by atoms with Crippen LogP contribution in [0.25, 0.3) is 0 Å². The molecule has 2 aliphatic carbocycles. The number of nitrogens with one attached hydrogen (secondary N) is 1. The first-order valence-corrected chi connectivity index (χ1v) is 9.53. The van der Waals surface area contributed by atoms with Crippen LogP contribution in [0, 0.1) is 16.7 Å². The fourth-order valence-electron chi connectivity index (χ4n) is 4.08. The van der Waals surface area contributed by atoms with Gasteiger partial charge in [0, 0.05) is 18.9 Å². The van der Waals surface area contributed by atoms with Gasteiger partial charge in [-0.15, -0.1) is 0 Å². The van der Waals surface area contributed by atoms with Gasteiger partial charge < -0.3 is 10.0 Å². The van der Waals surface area contributed by atoms with Crippen molar-refractivity contribution in [2.75, 3.05) is 25.9 Å². The minimum absolute atomic E-state index is 0.0107. The standard InChI is InChI=1S/C15H24N2O6S/c1-14(2)10-4-5-15(14,11(18)6-10)9-24(22,23)16-7-12(19)17(3)8-13(20)21/h10,16H,4-9H2,1-3H3,(H,20,21). The highest BCUT2D eigenvalue weighted by atomic mass is 32.2. The van der Waals surface area contributed by atoms with Gasteiger partial charge in [-0.2, -0.15) is 0 Å². The van der Waals surface area contributed by atoms with E-state index < -0.39 is 40.4 Å². The summed E-state index contributed by atoms with van der Waals surface area (Å²) >= 11 is 0. The zero-order chi connectivity index (χ0) is 18.3. The highest BCUT2D eigenvalue weighted by molar-refractivity contribution is 7.89. The first-order chi connectivity index (χ1) is 10.9. The van der Waals surface area contributed by atoms with Crippen molar-refractivity contribution in [2.24, 2.45) is 16.7 Å². The van der Waals surface area contributed by atoms with Crippen LogP contribution in [-0.2, 0) is 24.4 Å². The van der Waals surface area contributed by atoms with Crippen molar-refractivity contribution in [3.8, 4) is 0 Å². The average molecular weight is 360 g/mol. The molecule has 2 N–H and O–H groups in total. The van der Waals surface area contributed by atoms with Crippen LogP contribution in [-0.4, -0.2) is 62.0 Å². The fraction of sp³-hybridized carbons (Fsp3) is 0.800. The number of carboxylic acid groups (broad SMARTS) is 1. The van der Waals surface area contributed by atoms with E-state index in [0.29, 0.717) is 12.8 Å². The predicted octanol–water partition coefficient (Wildman–Crippen LogP) is -0.156. The normalized spacial score (nSPS) is 28.1. The van der Waals surface area contributed by atoms with Crippen LogP contribution in [0.2, 0.25) is 0 Å². The fourth-order valence-corrected chi connectivity index (χ4v) is 5.85. The van der Waals surface area contributed by atoms with Crippen molar-refractivity contribution in [2.45, 2.75) is 33.1 Å². The second-order valence-corrected chi connectivity index (χ2v) is 9.20. The largest absolute Gasteiger partial charge is 0.480 e. The van der Waals surface area contributed by atoms with Gasteiger partial charge in [0.25, 0.3) is 0 Å². The summed E-state index contributed by atoms with van der Waals surface area (Å²) in [6, 6.07) is 0. The molecule has 2 bridgehead atoms. The van der Waals surface area contributed by atoms with E-state index in [0.717, 1.165) is 11.3 Å². The first-order valence-electron chi connectivity index (χ1n) is 7.88. The number of nitrogens with zero attached hydrogens (tertiary/aromatic N) is 1. The van der Waals surface area contributed by atoms with Crippen LogP contribution >= 0.6 is 0 Å². The molecule has 0 aromatic carbocycles. The number of amides is 1. The average Bonchev–Trinajstić information content (AvgIpc) is 2.77. The Kier molecular flexibility index (Phi) is 4.80. The number of ketones is 1. The number of aliphatic carboxylic acids is 1. The minimum atomic E-state index is -3.84. The van der Waals surface area contributed by atoms with Crippen molar-refractivity contribution in [1.82, 2.24) is 9.62 Å². The Morgan fingerprint density at radius 2 is 2.00 bits per heavy atom. The Labute approximate surface area is 141 Å². The van der Waals surface area contributed by atoms with Gasteiger partial charge in [-0.25, -0.2) is 13.1 Å². The second-order valence-electron chi connectivity index (χ2n) is 7.39. The molecule has 2 rings (SSSR count). The van der Waals surface area contributed by atoms with Crippen molar-refractivity contribution >= 4 is 27.7 Å². The molecule has 0 aromatic heterocycles. The van der Waals surface area contributed by atoms with Gasteiger partial charge in [0.15, 0.2) is 0 Å². The number of rotatable bonds is 7. The molecule has 1 amide bonds. The molecule has 0 saturated heterocycles. The van der Waals surface area contributed by atoms with Crippen LogP contribution in [0.4, 0.5) is 0 Å². The first kappa shape index (κ1) is 18.9. The van der Waals surface area contributed by atoms with Gasteiger partial charge in [-0.1, -0.05) is 13.8 Å². The summed E-state index contributed by atoms with van der Waals surface area (Å²) in [7, 11) is -2.55. The SMILES string of the molecule is CN(CC(=O)O)C(=O)CNS(=O)(=O)CC12CCC(CC1=O)C2(C)C. The number of sulfonamides is 1. The maximum absolute atomic E-state index is 12.4. The summed E-state index contributed by atoms with van der Waals surface area (Å²) < 4.78 is 27.0. The van der Waals surface area contributed by atoms with Gasteiger partial charge in [0.05, 0.1) is 12.3 Å². The molecule has 2 fully saturated rings. The lowest BCUT2D eigenvalue weighted by Gasteiger charge is -2.36. The molecule has 2 saturated carbocycles. The number of carboxylic acids is 1. The van der Waals surface area contributed by atoms with E-state index in [2.05, 4.69) is 4.72 Å². The summed E-state index contributed by atoms with van der Waals surface area (Å²) in [6.07, 6.45) is 1.81. The lowest BCUT2D eigenvalue weighted by atomic mass is 9.70. The molecule has 9 heteroatoms. The van der Waals surface area contributed by atoms with Crippen molar-refractivity contribution in [3.05, 3.63) is 0 Å². The lowest BCUT2D eigenvalue weighted by Crippen LogP contribution is -2.47. The third-order valence-electron chi connectivity index (χ3n) is 5.82. The maximum atomic E-state index is 12.4. The van der Waals surface area contributed by atoms with E-state index >= 15 is 0 Å². The summed E-state index contributed by atoms with van der Waals surface area (Å²) in [4.78, 5) is 35.7. The van der Waals surface area contributed by atoms with E-state index in [9.17, 15) is 22.8 Å². The Morgan fingerprint density at radius 1 is 1.38 bits per heavy atom. The molecule has 2 atom stereocenters. The zero-order valence-corrected chi connectivity index (χ0v) is 15.0. The van der Waals surface area contributed by atoms with Crippen LogP contribution < -0.4 is 4.72 Å². The topological polar surface area (TPSA) is 121 Å². The van der Waals surface area contributed by atoms with Gasteiger partial charge >= 0.3 is 5.97 Å². The molecular weight excluding hydrogens is 336 g/mol. The number of fused-ring (bicyclic) bond motifs is 2. The lowest BCUT2D eigenvalue weighted by molar-refractivity contribution is -0.143. The van der Waals surface area contributed by atoms with Crippen molar-refractivity contribution in [3.63, 3.8) is 0 Å². The third-order valence-corrected chi connectivity index (χ3v) is 7.27. The van der Waals surface area contributed by atoms with Crippen molar-refractivity contribution < 1.29 is 27.9 Å². The molecule has 2 aliphatic rings. The number of carbonyl (C=O) groups excluding carboxylic acids is 2. The zero-order valence-electron chi connectivity index (χ0n) is 14.2. The minimum Gasteiger partial charge on any atom is -0.480 e. The van der Waals surface area contributed by atoms with Crippen LogP contribution in [0.5, 0.6) is 0 Å². The second kappa shape index (κ2) is 6.11. The Balaban J connectivity index is 2.03. The molecule has 8 nitrogen and oxygen atoms in total. The van der Waals surface area contributed by atoms with E-state index in [1.54, 1.807) is 0 Å². The number of hydrogen-bond donors (Lipinski definition) is 2. The number of hydrogen-bond acceptors (Lipinski definition) is 5. The van der Waals surface area contributed by atoms with Crippen LogP contribution in [0.1, 0.15) is 33.1 Å². The molecular formula is C15H24N2O6S. The van der Waals surface area contributed by atoms with Gasteiger partial charge in [0.1, 0.15) is 12.3 Å². The quantitative estimate of drug-likeness (QED) is 0.651. The summed E-state index contributed by atoms with van der Waals surface area (Å²) in [5, 5.41) is 8.64. The number of Topliss-reactive ketones (excluding diaryl/α,β-unsaturated/α-hetero) is 1. The summed E-state index contributed by atoms with van der Waals surface area (Å²) in [5.74, 6) is -1.94. The molecule has 0 aromatic rings. The highest BCUT2D eigenvalue weighted by Crippen LogP contribution is 2.64.